The Kier molecular flexibility index (Phi) is 2.69. The van der Waals surface area contributed by atoms with Gasteiger partial charge in [0.1, 0.15) is 0 Å². The molecule has 1 amide bonds. The Bertz CT molecular complexity index is 664. The molecule has 0 saturated carbocycles. The smallest absolute Gasteiger partial charge is 0.207 e. The van der Waals surface area contributed by atoms with Crippen LogP contribution >= 0.6 is 0 Å². The van der Waals surface area contributed by atoms with E-state index in [9.17, 15) is 4.79 Å². The first-order chi connectivity index (χ1) is 8.90. The largest absolute Gasteiger partial charge is 0.355 e. The van der Waals surface area contributed by atoms with Crippen LogP contribution in [0.1, 0.15) is 5.56 Å². The number of fused-ring (bicyclic) bond motifs is 2. The Labute approximate surface area is 105 Å². The second-order valence-corrected chi connectivity index (χ2v) is 4.30. The standard InChI is InChI=1S/C16H13NO/c18-11-17-10-16-14-7-3-1-5-12(14)9-13-6-2-4-8-15(13)16/h1-9,11H,10H2,(H,17,18). The van der Waals surface area contributed by atoms with Gasteiger partial charge in [-0.3, -0.25) is 4.79 Å². The summed E-state index contributed by atoms with van der Waals surface area (Å²) in [5.74, 6) is 0. The van der Waals surface area contributed by atoms with Gasteiger partial charge < -0.3 is 5.32 Å². The van der Waals surface area contributed by atoms with Crippen LogP contribution in [0.15, 0.2) is 54.6 Å². The molecule has 0 atom stereocenters. The molecular formula is C16H13NO. The number of hydrogen-bond donors (Lipinski definition) is 1. The molecule has 2 nitrogen and oxygen atoms in total. The minimum Gasteiger partial charge on any atom is -0.355 e. The monoisotopic (exact) mass is 235 g/mol. The highest BCUT2D eigenvalue weighted by Crippen LogP contribution is 2.28. The first kappa shape index (κ1) is 10.8. The van der Waals surface area contributed by atoms with E-state index in [0.717, 1.165) is 6.41 Å². The fourth-order valence-electron chi connectivity index (χ4n) is 2.44. The van der Waals surface area contributed by atoms with Crippen molar-refractivity contribution < 1.29 is 4.79 Å². The van der Waals surface area contributed by atoms with E-state index in [0.29, 0.717) is 6.54 Å². The van der Waals surface area contributed by atoms with Gasteiger partial charge >= 0.3 is 0 Å². The van der Waals surface area contributed by atoms with Crippen LogP contribution in [0.3, 0.4) is 0 Å². The lowest BCUT2D eigenvalue weighted by Gasteiger charge is -2.10. The maximum atomic E-state index is 10.5. The van der Waals surface area contributed by atoms with Crippen molar-refractivity contribution in [1.29, 1.82) is 0 Å². The molecule has 3 rings (SSSR count). The molecule has 0 heterocycles. The molecule has 0 bridgehead atoms. The Morgan fingerprint density at radius 2 is 1.44 bits per heavy atom. The highest BCUT2D eigenvalue weighted by Gasteiger charge is 2.06. The molecule has 0 radical (unpaired) electrons. The molecule has 0 aromatic heterocycles. The quantitative estimate of drug-likeness (QED) is 0.548. The molecule has 0 aliphatic heterocycles. The van der Waals surface area contributed by atoms with Gasteiger partial charge in [0.25, 0.3) is 0 Å². The highest BCUT2D eigenvalue weighted by molar-refractivity contribution is 6.02. The average Bonchev–Trinajstić information content (AvgIpc) is 2.43. The van der Waals surface area contributed by atoms with Crippen LogP contribution in [0.25, 0.3) is 21.5 Å². The van der Waals surface area contributed by atoms with Crippen LogP contribution in [0.2, 0.25) is 0 Å². The third kappa shape index (κ3) is 1.72. The lowest BCUT2D eigenvalue weighted by atomic mass is 9.97. The zero-order valence-corrected chi connectivity index (χ0v) is 9.89. The summed E-state index contributed by atoms with van der Waals surface area (Å²) in [7, 11) is 0. The zero-order valence-electron chi connectivity index (χ0n) is 9.89. The predicted octanol–water partition coefficient (Wildman–Crippen LogP) is 3.24. The maximum Gasteiger partial charge on any atom is 0.207 e. The molecular weight excluding hydrogens is 222 g/mol. The van der Waals surface area contributed by atoms with Crippen molar-refractivity contribution in [2.24, 2.45) is 0 Å². The summed E-state index contributed by atoms with van der Waals surface area (Å²) >= 11 is 0. The summed E-state index contributed by atoms with van der Waals surface area (Å²) in [6, 6.07) is 18.7. The fraction of sp³-hybridized carbons (Fsp3) is 0.0625. The van der Waals surface area contributed by atoms with Crippen molar-refractivity contribution in [1.82, 2.24) is 5.32 Å². The predicted molar refractivity (Wildman–Crippen MR) is 74.4 cm³/mol. The Morgan fingerprint density at radius 3 is 2.00 bits per heavy atom. The number of carbonyl (C=O) groups excluding carboxylic acids is 1. The molecule has 0 spiro atoms. The zero-order chi connectivity index (χ0) is 12.4. The van der Waals surface area contributed by atoms with Gasteiger partial charge in [-0.05, 0) is 33.2 Å². The topological polar surface area (TPSA) is 29.1 Å². The molecule has 0 saturated heterocycles. The number of hydrogen-bond acceptors (Lipinski definition) is 1. The van der Waals surface area contributed by atoms with E-state index < -0.39 is 0 Å². The van der Waals surface area contributed by atoms with E-state index in [1.807, 2.05) is 24.3 Å². The lowest BCUT2D eigenvalue weighted by Crippen LogP contribution is -2.10. The summed E-state index contributed by atoms with van der Waals surface area (Å²) in [6.07, 6.45) is 0.747. The SMILES string of the molecule is O=CNCc1c2ccccc2cc2ccccc12. The molecule has 0 unspecified atom stereocenters. The van der Waals surface area contributed by atoms with E-state index in [1.54, 1.807) is 0 Å². The molecule has 88 valence electrons. The normalized spacial score (nSPS) is 10.7. The van der Waals surface area contributed by atoms with Crippen LogP contribution in [0.4, 0.5) is 0 Å². The third-order valence-electron chi connectivity index (χ3n) is 3.24. The van der Waals surface area contributed by atoms with Crippen molar-refractivity contribution >= 4 is 28.0 Å². The second-order valence-electron chi connectivity index (χ2n) is 4.30. The Balaban J connectivity index is 2.37. The Hall–Kier alpha value is -2.35. The van der Waals surface area contributed by atoms with Gasteiger partial charge in [0.2, 0.25) is 6.41 Å². The van der Waals surface area contributed by atoms with Crippen LogP contribution < -0.4 is 5.32 Å². The minimum atomic E-state index is 0.561. The van der Waals surface area contributed by atoms with Crippen LogP contribution in [-0.2, 0) is 11.3 Å². The number of carbonyl (C=O) groups is 1. The summed E-state index contributed by atoms with van der Waals surface area (Å²) < 4.78 is 0. The summed E-state index contributed by atoms with van der Waals surface area (Å²) in [6.45, 7) is 0.561. The van der Waals surface area contributed by atoms with Crippen LogP contribution in [0, 0.1) is 0 Å². The summed E-state index contributed by atoms with van der Waals surface area (Å²) in [4.78, 5) is 10.5. The molecule has 18 heavy (non-hydrogen) atoms. The van der Waals surface area contributed by atoms with E-state index in [4.69, 9.17) is 0 Å². The first-order valence-electron chi connectivity index (χ1n) is 5.96. The molecule has 0 fully saturated rings. The van der Waals surface area contributed by atoms with Gasteiger partial charge in [-0.15, -0.1) is 0 Å². The first-order valence-corrected chi connectivity index (χ1v) is 5.96. The minimum absolute atomic E-state index is 0.561. The summed E-state index contributed by atoms with van der Waals surface area (Å²) in [5, 5.41) is 7.58. The lowest BCUT2D eigenvalue weighted by molar-refractivity contribution is -0.109. The van der Waals surface area contributed by atoms with Gasteiger partial charge in [0.05, 0.1) is 0 Å². The van der Waals surface area contributed by atoms with Crippen molar-refractivity contribution in [3.05, 3.63) is 60.2 Å². The molecule has 2 heteroatoms. The van der Waals surface area contributed by atoms with E-state index in [-0.39, 0.29) is 0 Å². The molecule has 0 aliphatic rings. The van der Waals surface area contributed by atoms with Gasteiger partial charge in [-0.2, -0.15) is 0 Å². The van der Waals surface area contributed by atoms with Crippen LogP contribution in [-0.4, -0.2) is 6.41 Å². The van der Waals surface area contributed by atoms with Gasteiger partial charge in [-0.1, -0.05) is 48.5 Å². The number of amides is 1. The number of rotatable bonds is 3. The molecule has 3 aromatic carbocycles. The van der Waals surface area contributed by atoms with E-state index in [2.05, 4.69) is 35.6 Å². The van der Waals surface area contributed by atoms with E-state index >= 15 is 0 Å². The second kappa shape index (κ2) is 4.49. The van der Waals surface area contributed by atoms with Gasteiger partial charge in [0, 0.05) is 6.54 Å². The molecule has 0 aliphatic carbocycles. The van der Waals surface area contributed by atoms with Gasteiger partial charge in [0.15, 0.2) is 0 Å². The molecule has 3 aromatic rings. The van der Waals surface area contributed by atoms with Crippen molar-refractivity contribution in [2.45, 2.75) is 6.54 Å². The third-order valence-corrected chi connectivity index (χ3v) is 3.24. The molecule has 1 N–H and O–H groups in total. The fourth-order valence-corrected chi connectivity index (χ4v) is 2.44. The Morgan fingerprint density at radius 1 is 0.889 bits per heavy atom. The van der Waals surface area contributed by atoms with Crippen molar-refractivity contribution in [3.8, 4) is 0 Å². The van der Waals surface area contributed by atoms with Crippen molar-refractivity contribution in [2.75, 3.05) is 0 Å². The maximum absolute atomic E-state index is 10.5. The number of benzene rings is 3. The average molecular weight is 235 g/mol. The number of nitrogens with one attached hydrogen (secondary N) is 1. The highest BCUT2D eigenvalue weighted by atomic mass is 16.1. The van der Waals surface area contributed by atoms with Crippen molar-refractivity contribution in [3.63, 3.8) is 0 Å². The van der Waals surface area contributed by atoms with Gasteiger partial charge in [-0.25, -0.2) is 0 Å². The summed E-state index contributed by atoms with van der Waals surface area (Å²) in [5.41, 5.74) is 1.18. The van der Waals surface area contributed by atoms with E-state index in [1.165, 1.54) is 27.1 Å². The van der Waals surface area contributed by atoms with Crippen LogP contribution in [0.5, 0.6) is 0 Å².